The molecule has 116 valence electrons. The third-order valence-corrected chi connectivity index (χ3v) is 3.88. The first-order valence-electron chi connectivity index (χ1n) is 8.45. The average Bonchev–Trinajstić information content (AvgIpc) is 2.40. The Kier molecular flexibility index (Phi) is 12.8. The Morgan fingerprint density at radius 3 is 1.32 bits per heavy atom. The lowest BCUT2D eigenvalue weighted by Crippen LogP contribution is -2.41. The molecule has 0 bridgehead atoms. The molecular weight excluding hydrogens is 238 g/mol. The zero-order chi connectivity index (χ0) is 14.4. The fourth-order valence-corrected chi connectivity index (χ4v) is 2.36. The van der Waals surface area contributed by atoms with Gasteiger partial charge in [-0.15, -0.1) is 0 Å². The lowest BCUT2D eigenvalue weighted by atomic mass is 10.1. The van der Waals surface area contributed by atoms with Crippen molar-refractivity contribution in [1.29, 1.82) is 0 Å². The minimum Gasteiger partial charge on any atom is -0.182 e. The van der Waals surface area contributed by atoms with E-state index in [1.165, 1.54) is 64.2 Å². The second kappa shape index (κ2) is 12.9. The molecule has 0 aliphatic heterocycles. The molecule has 2 N–H and O–H groups in total. The van der Waals surface area contributed by atoms with Gasteiger partial charge in [-0.2, -0.15) is 10.4 Å². The second-order valence-electron chi connectivity index (χ2n) is 5.81. The van der Waals surface area contributed by atoms with Crippen molar-refractivity contribution in [3.8, 4) is 0 Å². The third-order valence-electron chi connectivity index (χ3n) is 3.88. The van der Waals surface area contributed by atoms with Gasteiger partial charge in [-0.1, -0.05) is 71.1 Å². The van der Waals surface area contributed by atoms with Gasteiger partial charge in [-0.05, 0) is 18.2 Å². The van der Waals surface area contributed by atoms with Gasteiger partial charge in [0.25, 0.3) is 0 Å². The van der Waals surface area contributed by atoms with Crippen LogP contribution in [-0.2, 0) is 0 Å². The first kappa shape index (κ1) is 18.9. The monoisotopic (exact) mass is 274 g/mol. The summed E-state index contributed by atoms with van der Waals surface area (Å²) in [5, 5.41) is 18.8. The van der Waals surface area contributed by atoms with Crippen LogP contribution >= 0.6 is 0 Å². The van der Waals surface area contributed by atoms with Gasteiger partial charge in [0.15, 0.2) is 0 Å². The number of hydrogen-bond acceptors (Lipinski definition) is 2. The maximum atomic E-state index is 9.38. The highest BCUT2D eigenvalue weighted by atomic mass is 16.8. The molecule has 19 heavy (non-hydrogen) atoms. The van der Waals surface area contributed by atoms with E-state index in [1.54, 1.807) is 6.92 Å². The topological polar surface area (TPSA) is 40.5 Å². The summed E-state index contributed by atoms with van der Waals surface area (Å²) in [6.45, 7) is 4.89. The Balaban J connectivity index is 3.07. The van der Waals surface area contributed by atoms with Crippen LogP contribution in [0.15, 0.2) is 0 Å². The van der Waals surface area contributed by atoms with Crippen molar-refractivity contribution < 1.29 is 15.2 Å². The Hall–Kier alpha value is -0.120. The molecule has 0 saturated carbocycles. The molecule has 3 nitrogen and oxygen atoms in total. The van der Waals surface area contributed by atoms with Crippen LogP contribution in [0.1, 0.15) is 90.9 Å². The van der Waals surface area contributed by atoms with E-state index in [1.807, 2.05) is 0 Å². The minimum absolute atomic E-state index is 0.373. The molecule has 0 aliphatic rings. The van der Waals surface area contributed by atoms with Gasteiger partial charge in [-0.25, -0.2) is 0 Å². The molecule has 3 heteroatoms. The molecule has 0 aromatic rings. The molecule has 0 aromatic carbocycles. The summed E-state index contributed by atoms with van der Waals surface area (Å²) in [6.07, 6.45) is 15.7. The van der Waals surface area contributed by atoms with Gasteiger partial charge in [0.1, 0.15) is 13.1 Å². The molecule has 0 radical (unpaired) electrons. The van der Waals surface area contributed by atoms with E-state index in [9.17, 15) is 10.4 Å². The Labute approximate surface area is 120 Å². The summed E-state index contributed by atoms with van der Waals surface area (Å²) in [5.74, 6) is 0. The average molecular weight is 274 g/mol. The van der Waals surface area contributed by atoms with Crippen LogP contribution in [0.3, 0.4) is 0 Å². The normalized spacial score (nSPS) is 12.0. The Bertz CT molecular complexity index is 184. The SMILES string of the molecule is CCCCCCCCCCCCCC[N+](O)(O)CC. The number of unbranched alkanes of at least 4 members (excludes halogenated alkanes) is 11. The highest BCUT2D eigenvalue weighted by molar-refractivity contribution is 4.48. The number of nitrogens with zero attached hydrogens (tertiary/aromatic N) is 1. The molecule has 0 heterocycles. The molecule has 0 unspecified atom stereocenters. The Morgan fingerprint density at radius 1 is 0.579 bits per heavy atom. The van der Waals surface area contributed by atoms with Crippen LogP contribution in [0.5, 0.6) is 0 Å². The summed E-state index contributed by atoms with van der Waals surface area (Å²) in [6, 6.07) is 0. The van der Waals surface area contributed by atoms with Crippen LogP contribution in [0.4, 0.5) is 0 Å². The smallest absolute Gasteiger partial charge is 0.142 e. The first-order valence-corrected chi connectivity index (χ1v) is 8.45. The molecule has 0 rings (SSSR count). The summed E-state index contributed by atoms with van der Waals surface area (Å²) in [4.78, 5) is -0.808. The minimum atomic E-state index is -0.808. The number of rotatable bonds is 14. The van der Waals surface area contributed by atoms with E-state index in [0.29, 0.717) is 13.1 Å². The van der Waals surface area contributed by atoms with Gasteiger partial charge < -0.3 is 0 Å². The van der Waals surface area contributed by atoms with Crippen LogP contribution in [0.25, 0.3) is 0 Å². The van der Waals surface area contributed by atoms with E-state index in [2.05, 4.69) is 6.92 Å². The quantitative estimate of drug-likeness (QED) is 0.256. The lowest BCUT2D eigenvalue weighted by Gasteiger charge is -2.18. The Morgan fingerprint density at radius 2 is 0.947 bits per heavy atom. The van der Waals surface area contributed by atoms with Crippen LogP contribution in [0, 0.1) is 0 Å². The standard InChI is InChI=1S/C16H36NO2/c1-3-5-6-7-8-9-10-11-12-13-14-15-16-17(18,19)4-2/h18-19H,3-16H2,1-2H3/q+1. The summed E-state index contributed by atoms with van der Waals surface area (Å²) in [5.41, 5.74) is 0. The summed E-state index contributed by atoms with van der Waals surface area (Å²) >= 11 is 0. The molecule has 0 aliphatic carbocycles. The van der Waals surface area contributed by atoms with Crippen molar-refractivity contribution in [2.75, 3.05) is 13.1 Å². The van der Waals surface area contributed by atoms with Crippen molar-refractivity contribution in [1.82, 2.24) is 0 Å². The molecular formula is C16H36NO2+. The van der Waals surface area contributed by atoms with E-state index in [4.69, 9.17) is 0 Å². The van der Waals surface area contributed by atoms with Gasteiger partial charge >= 0.3 is 0 Å². The van der Waals surface area contributed by atoms with Crippen molar-refractivity contribution in [2.24, 2.45) is 0 Å². The number of hydrogen-bond donors (Lipinski definition) is 2. The fraction of sp³-hybridized carbons (Fsp3) is 1.00. The molecule has 0 amide bonds. The summed E-state index contributed by atoms with van der Waals surface area (Å²) in [7, 11) is 0. The maximum Gasteiger partial charge on any atom is 0.142 e. The predicted molar refractivity (Wildman–Crippen MR) is 80.3 cm³/mol. The third kappa shape index (κ3) is 14.1. The van der Waals surface area contributed by atoms with Gasteiger partial charge in [0, 0.05) is 6.42 Å². The lowest BCUT2D eigenvalue weighted by molar-refractivity contribution is -1.24. The van der Waals surface area contributed by atoms with Gasteiger partial charge in [0.05, 0.1) is 0 Å². The van der Waals surface area contributed by atoms with Gasteiger partial charge in [0.2, 0.25) is 0 Å². The van der Waals surface area contributed by atoms with E-state index < -0.39 is 4.81 Å². The second-order valence-corrected chi connectivity index (χ2v) is 5.81. The molecule has 0 aromatic heterocycles. The fourth-order valence-electron chi connectivity index (χ4n) is 2.36. The van der Waals surface area contributed by atoms with Crippen molar-refractivity contribution >= 4 is 0 Å². The van der Waals surface area contributed by atoms with Crippen molar-refractivity contribution in [3.63, 3.8) is 0 Å². The molecule has 0 atom stereocenters. The van der Waals surface area contributed by atoms with Crippen LogP contribution < -0.4 is 0 Å². The van der Waals surface area contributed by atoms with E-state index >= 15 is 0 Å². The highest BCUT2D eigenvalue weighted by Gasteiger charge is 2.17. The molecule has 0 fully saturated rings. The molecule has 0 saturated heterocycles. The predicted octanol–water partition coefficient (Wildman–Crippen LogP) is 5.30. The largest absolute Gasteiger partial charge is 0.182 e. The van der Waals surface area contributed by atoms with Crippen molar-refractivity contribution in [2.45, 2.75) is 90.9 Å². The first-order chi connectivity index (χ1) is 9.12. The van der Waals surface area contributed by atoms with Crippen LogP contribution in [-0.4, -0.2) is 28.3 Å². The number of hydroxylamine groups is 4. The maximum absolute atomic E-state index is 9.38. The van der Waals surface area contributed by atoms with Crippen LogP contribution in [0.2, 0.25) is 0 Å². The summed E-state index contributed by atoms with van der Waals surface area (Å²) < 4.78 is 0. The zero-order valence-corrected chi connectivity index (χ0v) is 13.2. The molecule has 0 spiro atoms. The zero-order valence-electron chi connectivity index (χ0n) is 13.2. The highest BCUT2D eigenvalue weighted by Crippen LogP contribution is 2.12. The van der Waals surface area contributed by atoms with E-state index in [0.717, 1.165) is 12.8 Å². The van der Waals surface area contributed by atoms with E-state index in [-0.39, 0.29) is 0 Å². The van der Waals surface area contributed by atoms with Crippen molar-refractivity contribution in [3.05, 3.63) is 0 Å². The van der Waals surface area contributed by atoms with Gasteiger partial charge in [-0.3, -0.25) is 0 Å². The number of quaternary nitrogens is 1.